The fourth-order valence-corrected chi connectivity index (χ4v) is 2.97. The normalized spacial score (nSPS) is 12.5. The van der Waals surface area contributed by atoms with Gasteiger partial charge in [-0.1, -0.05) is 0 Å². The zero-order chi connectivity index (χ0) is 9.02. The molecule has 0 aromatic heterocycles. The van der Waals surface area contributed by atoms with Gasteiger partial charge >= 0.3 is 0 Å². The van der Waals surface area contributed by atoms with Crippen molar-refractivity contribution in [3.63, 3.8) is 0 Å². The average molecular weight is 177 g/mol. The van der Waals surface area contributed by atoms with Gasteiger partial charge in [-0.3, -0.25) is 0 Å². The first kappa shape index (κ1) is 11.3. The summed E-state index contributed by atoms with van der Waals surface area (Å²) in [5.74, 6) is 0. The Hall–Kier alpha value is 0.310. The second-order valence-corrected chi connectivity index (χ2v) is 6.31. The second kappa shape index (κ2) is 5.04. The zero-order valence-electron chi connectivity index (χ0n) is 8.55. The van der Waals surface area contributed by atoms with Crippen molar-refractivity contribution in [2.24, 2.45) is 0 Å². The fraction of sp³-hybridized carbons (Fsp3) is 1.00. The van der Waals surface area contributed by atoms with Gasteiger partial charge in [0, 0.05) is 0 Å². The highest BCUT2D eigenvalue weighted by atomic mass is 32.2. The van der Waals surface area contributed by atoms with Crippen LogP contribution < -0.4 is 0 Å². The molecule has 0 bridgehead atoms. The summed E-state index contributed by atoms with van der Waals surface area (Å²) < 4.78 is 5.80. The van der Waals surface area contributed by atoms with Gasteiger partial charge in [-0.2, -0.15) is 4.18 Å². The molecule has 2 heteroatoms. The summed E-state index contributed by atoms with van der Waals surface area (Å²) in [4.78, 5) is 0. The van der Waals surface area contributed by atoms with Crippen LogP contribution in [0, 0.1) is 0 Å². The van der Waals surface area contributed by atoms with Crippen LogP contribution in [0.1, 0.15) is 41.5 Å². The molecule has 0 amide bonds. The maximum Gasteiger partial charge on any atom is 0.152 e. The molecular weight excluding hydrogens is 156 g/mol. The maximum atomic E-state index is 5.80. The molecule has 0 heterocycles. The van der Waals surface area contributed by atoms with E-state index in [2.05, 4.69) is 41.5 Å². The third kappa shape index (κ3) is 4.70. The lowest BCUT2D eigenvalue weighted by molar-refractivity contribution is 0.273. The zero-order valence-corrected chi connectivity index (χ0v) is 9.37. The largest absolute Gasteiger partial charge is 0.171 e. The summed E-state index contributed by atoms with van der Waals surface area (Å²) in [7, 11) is 0. The Morgan fingerprint density at radius 2 is 1.18 bits per heavy atom. The summed E-state index contributed by atoms with van der Waals surface area (Å²) in [6, 6.07) is 0. The third-order valence-corrected chi connectivity index (χ3v) is 3.70. The molecule has 0 aliphatic carbocycles. The van der Waals surface area contributed by atoms with Crippen molar-refractivity contribution in [1.29, 1.82) is 0 Å². The Labute approximate surface area is 74.1 Å². The maximum absolute atomic E-state index is 5.80. The van der Waals surface area contributed by atoms with E-state index >= 15 is 0 Å². The minimum atomic E-state index is 0.142. The van der Waals surface area contributed by atoms with Crippen LogP contribution in [-0.4, -0.2) is 16.6 Å². The van der Waals surface area contributed by atoms with Crippen molar-refractivity contribution in [2.75, 3.05) is 0 Å². The Balaban J connectivity index is 3.90. The minimum Gasteiger partial charge on any atom is -0.171 e. The van der Waals surface area contributed by atoms with Crippen molar-refractivity contribution in [3.8, 4) is 0 Å². The molecule has 0 unspecified atom stereocenters. The number of hydrogen-bond donors (Lipinski definition) is 0. The van der Waals surface area contributed by atoms with Gasteiger partial charge in [0.1, 0.15) is 16.6 Å². The number of rotatable bonds is 4. The van der Waals surface area contributed by atoms with E-state index in [0.717, 1.165) is 0 Å². The van der Waals surface area contributed by atoms with Gasteiger partial charge in [0.25, 0.3) is 0 Å². The first-order chi connectivity index (χ1) is 4.95. The van der Waals surface area contributed by atoms with Gasteiger partial charge in [0.15, 0.2) is 11.2 Å². The van der Waals surface area contributed by atoms with E-state index in [1.54, 1.807) is 0 Å². The molecule has 0 saturated heterocycles. The van der Waals surface area contributed by atoms with Crippen LogP contribution in [-0.2, 0) is 15.4 Å². The molecule has 0 aromatic rings. The molecule has 0 radical (unpaired) electrons. The average Bonchev–Trinajstić information content (AvgIpc) is 1.81. The molecule has 0 rings (SSSR count). The molecule has 68 valence electrons. The van der Waals surface area contributed by atoms with Crippen LogP contribution in [0.4, 0.5) is 0 Å². The van der Waals surface area contributed by atoms with Gasteiger partial charge < -0.3 is 0 Å². The second-order valence-electron chi connectivity index (χ2n) is 3.57. The molecule has 0 saturated carbocycles. The van der Waals surface area contributed by atoms with Crippen LogP contribution >= 0.6 is 0 Å². The highest BCUT2D eigenvalue weighted by molar-refractivity contribution is 7.93. The smallest absolute Gasteiger partial charge is 0.152 e. The highest BCUT2D eigenvalue weighted by Gasteiger charge is 2.30. The van der Waals surface area contributed by atoms with E-state index in [1.807, 2.05) is 0 Å². The lowest BCUT2D eigenvalue weighted by Gasteiger charge is -2.15. The summed E-state index contributed by atoms with van der Waals surface area (Å²) in [5, 5.41) is 1.30. The predicted molar refractivity (Wildman–Crippen MR) is 53.9 cm³/mol. The van der Waals surface area contributed by atoms with Crippen molar-refractivity contribution in [1.82, 2.24) is 0 Å². The lowest BCUT2D eigenvalue weighted by atomic mass is 10.5. The van der Waals surface area contributed by atoms with Gasteiger partial charge in [-0.25, -0.2) is 0 Å². The predicted octanol–water partition coefficient (Wildman–Crippen LogP) is 2.76. The van der Waals surface area contributed by atoms with Crippen LogP contribution in [0.2, 0.25) is 0 Å². The molecule has 0 spiro atoms. The molecule has 0 aliphatic rings. The lowest BCUT2D eigenvalue weighted by Crippen LogP contribution is -2.29. The monoisotopic (exact) mass is 177 g/mol. The van der Waals surface area contributed by atoms with Gasteiger partial charge in [-0.05, 0) is 41.5 Å². The molecule has 0 atom stereocenters. The Bertz CT molecular complexity index is 91.7. The molecule has 11 heavy (non-hydrogen) atoms. The van der Waals surface area contributed by atoms with Crippen molar-refractivity contribution in [3.05, 3.63) is 0 Å². The number of hydrogen-bond acceptors (Lipinski definition) is 1. The standard InChI is InChI=1S/C9H21OS/c1-7(2)10-11(8(3)4)9(5)6/h7-9H,1-6H3/q+1. The highest BCUT2D eigenvalue weighted by Crippen LogP contribution is 2.15. The summed E-state index contributed by atoms with van der Waals surface area (Å²) >= 11 is 0.142. The van der Waals surface area contributed by atoms with Crippen LogP contribution in [0.25, 0.3) is 0 Å². The van der Waals surface area contributed by atoms with E-state index in [9.17, 15) is 0 Å². The van der Waals surface area contributed by atoms with E-state index in [0.29, 0.717) is 16.6 Å². The summed E-state index contributed by atoms with van der Waals surface area (Å²) in [6.07, 6.45) is 0.364. The van der Waals surface area contributed by atoms with E-state index in [4.69, 9.17) is 4.18 Å². The van der Waals surface area contributed by atoms with Crippen LogP contribution in [0.3, 0.4) is 0 Å². The van der Waals surface area contributed by atoms with Crippen LogP contribution in [0.15, 0.2) is 0 Å². The molecule has 0 N–H and O–H groups in total. The quantitative estimate of drug-likeness (QED) is 0.600. The van der Waals surface area contributed by atoms with E-state index in [-0.39, 0.29) is 11.2 Å². The minimum absolute atomic E-state index is 0.142. The Kier molecular flexibility index (Phi) is 5.19. The van der Waals surface area contributed by atoms with Crippen molar-refractivity contribution >= 4 is 11.2 Å². The Morgan fingerprint density at radius 3 is 1.27 bits per heavy atom. The summed E-state index contributed by atoms with van der Waals surface area (Å²) in [6.45, 7) is 13.1. The third-order valence-electron chi connectivity index (χ3n) is 1.23. The molecule has 0 aromatic carbocycles. The topological polar surface area (TPSA) is 9.23 Å². The van der Waals surface area contributed by atoms with Crippen molar-refractivity contribution < 1.29 is 4.18 Å². The molecule has 1 nitrogen and oxygen atoms in total. The van der Waals surface area contributed by atoms with Gasteiger partial charge in [0.05, 0.1) is 0 Å². The van der Waals surface area contributed by atoms with E-state index in [1.165, 1.54) is 0 Å². The summed E-state index contributed by atoms with van der Waals surface area (Å²) in [5.41, 5.74) is 0. The molecule has 0 fully saturated rings. The first-order valence-corrected chi connectivity index (χ1v) is 5.61. The van der Waals surface area contributed by atoms with E-state index < -0.39 is 0 Å². The molecular formula is C9H21OS+. The van der Waals surface area contributed by atoms with Crippen molar-refractivity contribution in [2.45, 2.75) is 58.1 Å². The Morgan fingerprint density at radius 1 is 0.818 bits per heavy atom. The van der Waals surface area contributed by atoms with Gasteiger partial charge in [0.2, 0.25) is 0 Å². The first-order valence-electron chi connectivity index (χ1n) is 4.34. The molecule has 0 aliphatic heterocycles. The fourth-order valence-electron chi connectivity index (χ4n) is 0.989. The van der Waals surface area contributed by atoms with Crippen LogP contribution in [0.5, 0.6) is 0 Å². The SMILES string of the molecule is CC(C)O[S+](C(C)C)C(C)C. The van der Waals surface area contributed by atoms with Gasteiger partial charge in [-0.15, -0.1) is 0 Å².